The Bertz CT molecular complexity index is 454. The summed E-state index contributed by atoms with van der Waals surface area (Å²) in [6.45, 7) is 0. The van der Waals surface area contributed by atoms with Crippen molar-refractivity contribution in [3.8, 4) is 5.75 Å². The molecule has 0 fully saturated rings. The lowest BCUT2D eigenvalue weighted by Crippen LogP contribution is -2.17. The van der Waals surface area contributed by atoms with E-state index in [9.17, 15) is 18.0 Å². The minimum absolute atomic E-state index is 0.200. The lowest BCUT2D eigenvalue weighted by Gasteiger charge is -2.08. The van der Waals surface area contributed by atoms with Gasteiger partial charge in [-0.1, -0.05) is 0 Å². The van der Waals surface area contributed by atoms with Crippen molar-refractivity contribution in [2.75, 3.05) is 0 Å². The van der Waals surface area contributed by atoms with E-state index in [1.165, 1.54) is 6.07 Å². The van der Waals surface area contributed by atoms with E-state index in [2.05, 4.69) is 0 Å². The van der Waals surface area contributed by atoms with Gasteiger partial charge < -0.3 is 9.84 Å². The van der Waals surface area contributed by atoms with Crippen LogP contribution in [0, 0.1) is 0 Å². The zero-order chi connectivity index (χ0) is 12.6. The third-order valence-electron chi connectivity index (χ3n) is 2.53. The molecule has 1 aromatic carbocycles. The van der Waals surface area contributed by atoms with Gasteiger partial charge in [-0.2, -0.15) is 13.2 Å². The third kappa shape index (κ3) is 2.51. The molecule has 17 heavy (non-hydrogen) atoms. The van der Waals surface area contributed by atoms with E-state index in [0.717, 1.165) is 12.1 Å². The molecule has 0 aliphatic carbocycles. The monoisotopic (exact) mass is 246 g/mol. The van der Waals surface area contributed by atoms with E-state index in [1.54, 1.807) is 0 Å². The zero-order valence-electron chi connectivity index (χ0n) is 8.62. The van der Waals surface area contributed by atoms with E-state index in [4.69, 9.17) is 9.84 Å². The number of alkyl halides is 3. The predicted molar refractivity (Wildman–Crippen MR) is 51.8 cm³/mol. The Morgan fingerprint density at radius 1 is 1.47 bits per heavy atom. The van der Waals surface area contributed by atoms with Crippen molar-refractivity contribution in [3.63, 3.8) is 0 Å². The standard InChI is InChI=1S/C11H9F3O3/c12-11(13,14)7-1-2-9-6(3-7)4-8(17-9)5-10(15)16/h1-3,8H,4-5H2,(H,15,16)/t8-/m0/s1. The number of fused-ring (bicyclic) bond motifs is 1. The first-order valence-electron chi connectivity index (χ1n) is 4.95. The lowest BCUT2D eigenvalue weighted by atomic mass is 10.1. The highest BCUT2D eigenvalue weighted by Gasteiger charge is 2.33. The van der Waals surface area contributed by atoms with Gasteiger partial charge in [-0.05, 0) is 23.8 Å². The van der Waals surface area contributed by atoms with Gasteiger partial charge in [0.2, 0.25) is 0 Å². The van der Waals surface area contributed by atoms with Gasteiger partial charge in [0.1, 0.15) is 11.9 Å². The van der Waals surface area contributed by atoms with Crippen LogP contribution in [-0.2, 0) is 17.4 Å². The van der Waals surface area contributed by atoms with E-state index in [0.29, 0.717) is 11.3 Å². The Morgan fingerprint density at radius 2 is 2.18 bits per heavy atom. The topological polar surface area (TPSA) is 46.5 Å². The van der Waals surface area contributed by atoms with Crippen molar-refractivity contribution in [2.24, 2.45) is 0 Å². The summed E-state index contributed by atoms with van der Waals surface area (Å²) in [4.78, 5) is 10.5. The smallest absolute Gasteiger partial charge is 0.416 e. The van der Waals surface area contributed by atoms with Crippen LogP contribution in [0.1, 0.15) is 17.5 Å². The van der Waals surface area contributed by atoms with Gasteiger partial charge in [-0.3, -0.25) is 4.79 Å². The number of hydrogen-bond acceptors (Lipinski definition) is 2. The summed E-state index contributed by atoms with van der Waals surface area (Å²) in [5, 5.41) is 8.58. The molecule has 0 radical (unpaired) electrons. The molecule has 0 aromatic heterocycles. The highest BCUT2D eigenvalue weighted by molar-refractivity contribution is 5.67. The number of aliphatic carboxylic acids is 1. The van der Waals surface area contributed by atoms with Crippen LogP contribution in [0.4, 0.5) is 13.2 Å². The number of carboxylic acids is 1. The van der Waals surface area contributed by atoms with Crippen molar-refractivity contribution >= 4 is 5.97 Å². The third-order valence-corrected chi connectivity index (χ3v) is 2.53. The fourth-order valence-corrected chi connectivity index (χ4v) is 1.81. The Kier molecular flexibility index (Phi) is 2.73. The number of carbonyl (C=O) groups is 1. The largest absolute Gasteiger partial charge is 0.489 e. The number of benzene rings is 1. The minimum atomic E-state index is -4.39. The second kappa shape index (κ2) is 3.94. The van der Waals surface area contributed by atoms with E-state index in [1.807, 2.05) is 0 Å². The maximum Gasteiger partial charge on any atom is 0.416 e. The summed E-state index contributed by atoms with van der Waals surface area (Å²) in [6.07, 6.45) is -4.98. The molecule has 0 amide bonds. The number of hydrogen-bond donors (Lipinski definition) is 1. The molecule has 0 bridgehead atoms. The van der Waals surface area contributed by atoms with Crippen molar-refractivity contribution in [1.29, 1.82) is 0 Å². The maximum absolute atomic E-state index is 12.4. The molecule has 3 nitrogen and oxygen atoms in total. The van der Waals surface area contributed by atoms with Gasteiger partial charge in [0.05, 0.1) is 12.0 Å². The number of carboxylic acid groups (broad SMARTS) is 1. The molecular weight excluding hydrogens is 237 g/mol. The summed E-state index contributed by atoms with van der Waals surface area (Å²) in [6, 6.07) is 3.18. The maximum atomic E-state index is 12.4. The molecule has 1 atom stereocenters. The predicted octanol–water partition coefficient (Wildman–Crippen LogP) is 2.48. The number of ether oxygens (including phenoxy) is 1. The van der Waals surface area contributed by atoms with E-state index in [-0.39, 0.29) is 12.8 Å². The lowest BCUT2D eigenvalue weighted by molar-refractivity contribution is -0.139. The second-order valence-corrected chi connectivity index (χ2v) is 3.86. The first kappa shape index (κ1) is 11.8. The van der Waals surface area contributed by atoms with Crippen molar-refractivity contribution in [3.05, 3.63) is 29.3 Å². The van der Waals surface area contributed by atoms with Crippen LogP contribution in [0.5, 0.6) is 5.75 Å². The van der Waals surface area contributed by atoms with E-state index < -0.39 is 23.8 Å². The number of rotatable bonds is 2. The summed E-state index contributed by atoms with van der Waals surface area (Å²) < 4.78 is 42.5. The zero-order valence-corrected chi connectivity index (χ0v) is 8.62. The van der Waals surface area contributed by atoms with Gasteiger partial charge in [0.15, 0.2) is 0 Å². The molecule has 1 aromatic rings. The SMILES string of the molecule is O=C(O)C[C@@H]1Cc2cc(C(F)(F)F)ccc2O1. The van der Waals surface area contributed by atoms with Crippen LogP contribution in [0.25, 0.3) is 0 Å². The van der Waals surface area contributed by atoms with Gasteiger partial charge >= 0.3 is 12.1 Å². The Labute approximate surface area is 94.8 Å². The molecule has 6 heteroatoms. The molecule has 0 spiro atoms. The molecule has 1 heterocycles. The highest BCUT2D eigenvalue weighted by Crippen LogP contribution is 2.36. The molecular formula is C11H9F3O3. The summed E-state index contributed by atoms with van der Waals surface area (Å²) >= 11 is 0. The fraction of sp³-hybridized carbons (Fsp3) is 0.364. The minimum Gasteiger partial charge on any atom is -0.489 e. The molecule has 92 valence electrons. The van der Waals surface area contributed by atoms with Crippen LogP contribution in [0.3, 0.4) is 0 Å². The van der Waals surface area contributed by atoms with Crippen LogP contribution in [0.15, 0.2) is 18.2 Å². The Morgan fingerprint density at radius 3 is 2.76 bits per heavy atom. The summed E-state index contributed by atoms with van der Waals surface area (Å²) in [7, 11) is 0. The highest BCUT2D eigenvalue weighted by atomic mass is 19.4. The average molecular weight is 246 g/mol. The van der Waals surface area contributed by atoms with E-state index >= 15 is 0 Å². The van der Waals surface area contributed by atoms with Crippen molar-refractivity contribution in [1.82, 2.24) is 0 Å². The first-order valence-corrected chi connectivity index (χ1v) is 4.95. The normalized spacial score (nSPS) is 18.6. The molecule has 0 unspecified atom stereocenters. The molecule has 0 saturated carbocycles. The first-order chi connectivity index (χ1) is 7.86. The van der Waals surface area contributed by atoms with Crippen LogP contribution < -0.4 is 4.74 Å². The molecule has 1 aliphatic rings. The van der Waals surface area contributed by atoms with Gasteiger partial charge in [0, 0.05) is 6.42 Å². The molecule has 0 saturated heterocycles. The van der Waals surface area contributed by atoms with Gasteiger partial charge in [-0.25, -0.2) is 0 Å². The quantitative estimate of drug-likeness (QED) is 0.872. The van der Waals surface area contributed by atoms with Crippen molar-refractivity contribution < 1.29 is 27.8 Å². The second-order valence-electron chi connectivity index (χ2n) is 3.86. The van der Waals surface area contributed by atoms with Crippen molar-refractivity contribution in [2.45, 2.75) is 25.1 Å². The summed E-state index contributed by atoms with van der Waals surface area (Å²) in [5.41, 5.74) is -0.332. The van der Waals surface area contributed by atoms with Gasteiger partial charge in [-0.15, -0.1) is 0 Å². The molecule has 2 rings (SSSR count). The Hall–Kier alpha value is -1.72. The van der Waals surface area contributed by atoms with Crippen LogP contribution in [0.2, 0.25) is 0 Å². The Balaban J connectivity index is 2.19. The fourth-order valence-electron chi connectivity index (χ4n) is 1.81. The molecule has 1 aliphatic heterocycles. The van der Waals surface area contributed by atoms with Crippen LogP contribution >= 0.6 is 0 Å². The average Bonchev–Trinajstić information content (AvgIpc) is 2.55. The summed E-state index contributed by atoms with van der Waals surface area (Å²) in [5.74, 6) is -0.692. The molecule has 1 N–H and O–H groups in total. The van der Waals surface area contributed by atoms with Gasteiger partial charge in [0.25, 0.3) is 0 Å². The van der Waals surface area contributed by atoms with Crippen LogP contribution in [-0.4, -0.2) is 17.2 Å². The number of halogens is 3.